The van der Waals surface area contributed by atoms with Crippen LogP contribution in [0.15, 0.2) is 66.7 Å². The topological polar surface area (TPSA) is 43.4 Å². The second kappa shape index (κ2) is 8.16. The maximum atomic E-state index is 14.0. The van der Waals surface area contributed by atoms with Gasteiger partial charge in [-0.25, -0.2) is 4.79 Å². The van der Waals surface area contributed by atoms with E-state index in [-0.39, 0.29) is 0 Å². The van der Waals surface area contributed by atoms with Gasteiger partial charge in [0.2, 0.25) is 0 Å². The van der Waals surface area contributed by atoms with Gasteiger partial charge >= 0.3 is 13.3 Å². The van der Waals surface area contributed by atoms with Gasteiger partial charge in [0.15, 0.2) is 0 Å². The summed E-state index contributed by atoms with van der Waals surface area (Å²) in [6.45, 7) is 7.95. The fourth-order valence-electron chi connectivity index (χ4n) is 3.75. The van der Waals surface area contributed by atoms with Crippen LogP contribution in [0.5, 0.6) is 0 Å². The molecule has 4 heteroatoms. The average molecular weight is 392 g/mol. The molecule has 0 heterocycles. The molecule has 0 aromatic heterocycles. The monoisotopic (exact) mass is 392 g/mol. The molecule has 28 heavy (non-hydrogen) atoms. The lowest BCUT2D eigenvalue weighted by molar-refractivity contribution is 0.0745. The van der Waals surface area contributed by atoms with Crippen molar-refractivity contribution >= 4 is 23.9 Å². The Hall–Kier alpha value is -2.64. The van der Waals surface area contributed by atoms with Gasteiger partial charge in [-0.05, 0) is 73.7 Å². The van der Waals surface area contributed by atoms with E-state index in [4.69, 9.17) is 4.52 Å². The Morgan fingerprint density at radius 3 is 1.82 bits per heavy atom. The van der Waals surface area contributed by atoms with Crippen LogP contribution in [-0.4, -0.2) is 5.97 Å². The first-order valence-corrected chi connectivity index (χ1v) is 11.1. The highest BCUT2D eigenvalue weighted by Gasteiger charge is 2.33. The Bertz CT molecular complexity index is 997. The van der Waals surface area contributed by atoms with Gasteiger partial charge in [0.05, 0.1) is 16.2 Å². The third kappa shape index (κ3) is 3.68. The average Bonchev–Trinajstić information content (AvgIpc) is 2.69. The first kappa shape index (κ1) is 20.1. The Kier molecular flexibility index (Phi) is 5.86. The van der Waals surface area contributed by atoms with E-state index in [0.717, 1.165) is 28.7 Å². The Labute approximate surface area is 166 Å². The lowest BCUT2D eigenvalue weighted by Gasteiger charge is -2.21. The highest BCUT2D eigenvalue weighted by atomic mass is 31.2. The minimum absolute atomic E-state index is 0.507. The van der Waals surface area contributed by atoms with Gasteiger partial charge in [-0.3, -0.25) is 4.57 Å². The first-order chi connectivity index (χ1) is 13.4. The molecule has 3 rings (SSSR count). The maximum Gasteiger partial charge on any atom is 0.344 e. The van der Waals surface area contributed by atoms with E-state index in [1.165, 1.54) is 0 Å². The fourth-order valence-corrected chi connectivity index (χ4v) is 5.71. The van der Waals surface area contributed by atoms with E-state index in [9.17, 15) is 9.36 Å². The van der Waals surface area contributed by atoms with Crippen molar-refractivity contribution in [2.75, 3.05) is 0 Å². The summed E-state index contributed by atoms with van der Waals surface area (Å²) in [5.74, 6) is -0.541. The van der Waals surface area contributed by atoms with Crippen LogP contribution in [0.25, 0.3) is 0 Å². The summed E-state index contributed by atoms with van der Waals surface area (Å²) in [7, 11) is -3.57. The molecule has 0 aliphatic carbocycles. The van der Waals surface area contributed by atoms with Crippen molar-refractivity contribution in [3.05, 3.63) is 94.5 Å². The highest BCUT2D eigenvalue weighted by molar-refractivity contribution is 7.74. The quantitative estimate of drug-likeness (QED) is 0.556. The summed E-state index contributed by atoms with van der Waals surface area (Å²) < 4.78 is 19.8. The number of rotatable bonds is 5. The third-order valence-corrected chi connectivity index (χ3v) is 7.47. The summed E-state index contributed by atoms with van der Waals surface area (Å²) >= 11 is 0. The lowest BCUT2D eigenvalue weighted by Crippen LogP contribution is -2.22. The second-order valence-electron chi connectivity index (χ2n) is 6.94. The molecule has 144 valence electrons. The van der Waals surface area contributed by atoms with E-state index in [2.05, 4.69) is 6.92 Å². The first-order valence-electron chi connectivity index (χ1n) is 9.43. The number of carbonyl (C=O) groups excluding carboxylic acids is 1. The smallest absolute Gasteiger partial charge is 0.344 e. The van der Waals surface area contributed by atoms with Crippen LogP contribution in [0.1, 0.15) is 39.5 Å². The van der Waals surface area contributed by atoms with Gasteiger partial charge in [0.25, 0.3) is 0 Å². The molecule has 0 atom stereocenters. The van der Waals surface area contributed by atoms with Crippen molar-refractivity contribution in [3.8, 4) is 0 Å². The zero-order valence-corrected chi connectivity index (χ0v) is 17.6. The van der Waals surface area contributed by atoms with E-state index in [1.807, 2.05) is 39.0 Å². The molecule has 0 N–H and O–H groups in total. The summed E-state index contributed by atoms with van der Waals surface area (Å²) in [5.41, 5.74) is 4.53. The number of carbonyl (C=O) groups is 1. The van der Waals surface area contributed by atoms with Gasteiger partial charge in [0.1, 0.15) is 0 Å². The molecule has 0 amide bonds. The van der Waals surface area contributed by atoms with Gasteiger partial charge in [-0.2, -0.15) is 0 Å². The normalized spacial score (nSPS) is 11.3. The Morgan fingerprint density at radius 2 is 1.36 bits per heavy atom. The predicted octanol–water partition coefficient (Wildman–Crippen LogP) is 5.26. The fraction of sp³-hybridized carbons (Fsp3) is 0.208. The van der Waals surface area contributed by atoms with E-state index in [1.54, 1.807) is 48.5 Å². The Balaban J connectivity index is 2.11. The van der Waals surface area contributed by atoms with Gasteiger partial charge in [-0.1, -0.05) is 49.4 Å². The molecule has 0 saturated heterocycles. The molecule has 0 aliphatic heterocycles. The van der Waals surface area contributed by atoms with Crippen LogP contribution >= 0.6 is 7.37 Å². The summed E-state index contributed by atoms with van der Waals surface area (Å²) in [6, 6.07) is 19.9. The molecule has 3 aromatic carbocycles. The Morgan fingerprint density at radius 1 is 0.857 bits per heavy atom. The lowest BCUT2D eigenvalue weighted by atomic mass is 9.92. The molecule has 3 aromatic rings. The predicted molar refractivity (Wildman–Crippen MR) is 115 cm³/mol. The summed E-state index contributed by atoms with van der Waals surface area (Å²) in [4.78, 5) is 13.2. The van der Waals surface area contributed by atoms with Crippen LogP contribution in [0, 0.1) is 20.8 Å². The third-order valence-electron chi connectivity index (χ3n) is 5.09. The SMILES string of the molecule is CCc1c(C)cc(C)c(C(=O)OP(=O)(c2ccccc2)c2ccccc2)c1C. The van der Waals surface area contributed by atoms with Gasteiger partial charge in [-0.15, -0.1) is 0 Å². The van der Waals surface area contributed by atoms with Crippen LogP contribution in [0.4, 0.5) is 0 Å². The number of aryl methyl sites for hydroxylation is 2. The van der Waals surface area contributed by atoms with Crippen molar-refractivity contribution in [1.82, 2.24) is 0 Å². The highest BCUT2D eigenvalue weighted by Crippen LogP contribution is 2.45. The van der Waals surface area contributed by atoms with E-state index >= 15 is 0 Å². The van der Waals surface area contributed by atoms with Crippen LogP contribution in [0.2, 0.25) is 0 Å². The van der Waals surface area contributed by atoms with Crippen molar-refractivity contribution in [2.45, 2.75) is 34.1 Å². The molecular weight excluding hydrogens is 367 g/mol. The molecule has 0 fully saturated rings. The number of benzene rings is 3. The molecule has 0 saturated carbocycles. The molecule has 0 spiro atoms. The minimum atomic E-state index is -3.57. The molecule has 3 nitrogen and oxygen atoms in total. The maximum absolute atomic E-state index is 14.0. The molecule has 0 unspecified atom stereocenters. The standard InChI is InChI=1S/C24H25O3P/c1-5-22-17(2)16-18(3)23(19(22)4)24(25)27-28(26,20-12-8-6-9-13-20)21-14-10-7-11-15-21/h6-16H,5H2,1-4H3. The van der Waals surface area contributed by atoms with E-state index < -0.39 is 13.3 Å². The van der Waals surface area contributed by atoms with Crippen LogP contribution in [0.3, 0.4) is 0 Å². The van der Waals surface area contributed by atoms with E-state index in [0.29, 0.717) is 16.2 Å². The zero-order valence-electron chi connectivity index (χ0n) is 16.7. The minimum Gasteiger partial charge on any atom is -0.401 e. The zero-order chi connectivity index (χ0) is 20.3. The van der Waals surface area contributed by atoms with Crippen molar-refractivity contribution in [1.29, 1.82) is 0 Å². The van der Waals surface area contributed by atoms with Crippen LogP contribution < -0.4 is 10.6 Å². The molecule has 0 bridgehead atoms. The second-order valence-corrected chi connectivity index (χ2v) is 9.26. The summed E-state index contributed by atoms with van der Waals surface area (Å²) in [5, 5.41) is 1.01. The summed E-state index contributed by atoms with van der Waals surface area (Å²) in [6.07, 6.45) is 0.827. The van der Waals surface area contributed by atoms with Gasteiger partial charge in [0, 0.05) is 0 Å². The van der Waals surface area contributed by atoms with Crippen LogP contribution in [-0.2, 0) is 15.5 Å². The number of hydrogen-bond donors (Lipinski definition) is 0. The van der Waals surface area contributed by atoms with Crippen molar-refractivity contribution in [3.63, 3.8) is 0 Å². The van der Waals surface area contributed by atoms with Crippen molar-refractivity contribution in [2.24, 2.45) is 0 Å². The molecular formula is C24H25O3P. The van der Waals surface area contributed by atoms with Crippen molar-refractivity contribution < 1.29 is 13.9 Å². The van der Waals surface area contributed by atoms with Gasteiger partial charge < -0.3 is 4.52 Å². The number of hydrogen-bond acceptors (Lipinski definition) is 3. The molecule has 0 aliphatic rings. The largest absolute Gasteiger partial charge is 0.401 e. The molecule has 0 radical (unpaired) electrons.